The topological polar surface area (TPSA) is 29.9 Å². The molecule has 0 radical (unpaired) electrons. The van der Waals surface area contributed by atoms with E-state index in [1.165, 1.54) is 17.7 Å². The number of benzene rings is 1. The lowest BCUT2D eigenvalue weighted by Gasteiger charge is -2.10. The summed E-state index contributed by atoms with van der Waals surface area (Å²) in [7, 11) is 0. The molecule has 0 saturated carbocycles. The Hall–Kier alpha value is -1.13. The van der Waals surface area contributed by atoms with E-state index in [2.05, 4.69) is 39.3 Å². The fourth-order valence-corrected chi connectivity index (χ4v) is 3.06. The van der Waals surface area contributed by atoms with Gasteiger partial charge < -0.3 is 5.32 Å². The molecule has 2 heterocycles. The summed E-state index contributed by atoms with van der Waals surface area (Å²) in [6, 6.07) is 8.19. The van der Waals surface area contributed by atoms with Crippen molar-refractivity contribution in [2.75, 3.05) is 13.1 Å². The number of halogens is 1. The van der Waals surface area contributed by atoms with Gasteiger partial charge >= 0.3 is 0 Å². The van der Waals surface area contributed by atoms with E-state index in [4.69, 9.17) is 0 Å². The van der Waals surface area contributed by atoms with Crippen molar-refractivity contribution in [2.45, 2.75) is 19.3 Å². The minimum atomic E-state index is 0.612. The number of nitrogens with one attached hydrogen (secondary N) is 1. The van der Waals surface area contributed by atoms with Crippen LogP contribution in [-0.2, 0) is 0 Å². The van der Waals surface area contributed by atoms with Crippen molar-refractivity contribution in [2.24, 2.45) is 0 Å². The maximum atomic E-state index is 4.55. The third-order valence-electron chi connectivity index (χ3n) is 3.63. The first kappa shape index (κ1) is 11.9. The first-order valence-corrected chi connectivity index (χ1v) is 7.07. The highest BCUT2D eigenvalue weighted by atomic mass is 79.9. The van der Waals surface area contributed by atoms with Crippen molar-refractivity contribution in [3.63, 3.8) is 0 Å². The zero-order valence-corrected chi connectivity index (χ0v) is 11.9. The third-order valence-corrected chi connectivity index (χ3v) is 4.30. The normalized spacial score (nSPS) is 19.3. The largest absolute Gasteiger partial charge is 0.316 e. The number of hydrogen-bond donors (Lipinski definition) is 1. The average molecular weight is 306 g/mol. The molecule has 3 nitrogen and oxygen atoms in total. The number of hydrogen-bond acceptors (Lipinski definition) is 2. The Balaban J connectivity index is 2.02. The summed E-state index contributed by atoms with van der Waals surface area (Å²) in [6.45, 7) is 4.34. The van der Waals surface area contributed by atoms with Gasteiger partial charge in [0.25, 0.3) is 0 Å². The minimum absolute atomic E-state index is 0.612. The Morgan fingerprint density at radius 3 is 2.94 bits per heavy atom. The van der Waals surface area contributed by atoms with Crippen LogP contribution in [0.5, 0.6) is 0 Å². The molecule has 1 aromatic heterocycles. The average Bonchev–Trinajstić information content (AvgIpc) is 2.99. The van der Waals surface area contributed by atoms with E-state index >= 15 is 0 Å². The molecule has 0 aliphatic carbocycles. The van der Waals surface area contributed by atoms with E-state index in [1.54, 1.807) is 0 Å². The van der Waals surface area contributed by atoms with Gasteiger partial charge in [-0.15, -0.1) is 0 Å². The van der Waals surface area contributed by atoms with Crippen molar-refractivity contribution >= 4 is 15.9 Å². The molecule has 4 heteroatoms. The molecule has 1 unspecified atom stereocenters. The van der Waals surface area contributed by atoms with Gasteiger partial charge in [0.15, 0.2) is 0 Å². The van der Waals surface area contributed by atoms with Gasteiger partial charge in [0, 0.05) is 22.6 Å². The van der Waals surface area contributed by atoms with Gasteiger partial charge in [0.05, 0.1) is 11.9 Å². The number of rotatable bonds is 2. The van der Waals surface area contributed by atoms with Crippen LogP contribution in [0.15, 0.2) is 34.9 Å². The van der Waals surface area contributed by atoms with Gasteiger partial charge in [-0.2, -0.15) is 5.10 Å². The highest BCUT2D eigenvalue weighted by Crippen LogP contribution is 2.28. The molecule has 3 rings (SSSR count). The molecule has 1 aromatic carbocycles. The lowest BCUT2D eigenvalue weighted by atomic mass is 9.99. The van der Waals surface area contributed by atoms with Crippen LogP contribution in [0, 0.1) is 6.92 Å². The van der Waals surface area contributed by atoms with Crippen LogP contribution in [0.1, 0.15) is 23.6 Å². The quantitative estimate of drug-likeness (QED) is 0.924. The monoisotopic (exact) mass is 305 g/mol. The van der Waals surface area contributed by atoms with Crippen LogP contribution < -0.4 is 5.32 Å². The summed E-state index contributed by atoms with van der Waals surface area (Å²) in [5.41, 5.74) is 3.72. The molecule has 1 atom stereocenters. The summed E-state index contributed by atoms with van der Waals surface area (Å²) in [5, 5.41) is 7.96. The summed E-state index contributed by atoms with van der Waals surface area (Å²) in [6.07, 6.45) is 3.23. The highest BCUT2D eigenvalue weighted by Gasteiger charge is 2.21. The fraction of sp³-hybridized carbons (Fsp3) is 0.357. The SMILES string of the molecule is Cc1c(C2CCNC2)cnn1-c1ccccc1Br. The van der Waals surface area contributed by atoms with Crippen LogP contribution >= 0.6 is 15.9 Å². The maximum Gasteiger partial charge on any atom is 0.0790 e. The number of nitrogens with zero attached hydrogens (tertiary/aromatic N) is 2. The molecule has 1 aliphatic rings. The molecule has 0 amide bonds. The van der Waals surface area contributed by atoms with Gasteiger partial charge in [-0.1, -0.05) is 12.1 Å². The highest BCUT2D eigenvalue weighted by molar-refractivity contribution is 9.10. The first-order valence-electron chi connectivity index (χ1n) is 6.27. The van der Waals surface area contributed by atoms with Gasteiger partial charge in [0.1, 0.15) is 0 Å². The molecule has 0 bridgehead atoms. The van der Waals surface area contributed by atoms with E-state index in [1.807, 2.05) is 29.1 Å². The Kier molecular flexibility index (Phi) is 3.22. The number of aromatic nitrogens is 2. The Bertz CT molecular complexity index is 556. The second kappa shape index (κ2) is 4.86. The molecule has 1 fully saturated rings. The van der Waals surface area contributed by atoms with Crippen LogP contribution in [0.25, 0.3) is 5.69 Å². The fourth-order valence-electron chi connectivity index (χ4n) is 2.61. The first-order chi connectivity index (χ1) is 8.77. The van der Waals surface area contributed by atoms with E-state index in [0.717, 1.165) is 23.2 Å². The maximum absolute atomic E-state index is 4.55. The van der Waals surface area contributed by atoms with Crippen LogP contribution in [0.3, 0.4) is 0 Å². The van der Waals surface area contributed by atoms with Crippen molar-refractivity contribution < 1.29 is 0 Å². The molecular weight excluding hydrogens is 290 g/mol. The van der Waals surface area contributed by atoms with E-state index in [0.29, 0.717) is 5.92 Å². The van der Waals surface area contributed by atoms with Crippen LogP contribution in [0.2, 0.25) is 0 Å². The molecule has 1 saturated heterocycles. The molecule has 94 valence electrons. The summed E-state index contributed by atoms with van der Waals surface area (Å²) in [5.74, 6) is 0.612. The van der Waals surface area contributed by atoms with E-state index < -0.39 is 0 Å². The van der Waals surface area contributed by atoms with Crippen LogP contribution in [-0.4, -0.2) is 22.9 Å². The van der Waals surface area contributed by atoms with E-state index in [-0.39, 0.29) is 0 Å². The lowest BCUT2D eigenvalue weighted by molar-refractivity contribution is 0.752. The summed E-state index contributed by atoms with van der Waals surface area (Å²) < 4.78 is 3.10. The molecule has 18 heavy (non-hydrogen) atoms. The lowest BCUT2D eigenvalue weighted by Crippen LogP contribution is -2.08. The van der Waals surface area contributed by atoms with Gasteiger partial charge in [-0.05, 0) is 53.5 Å². The van der Waals surface area contributed by atoms with Gasteiger partial charge in [-0.25, -0.2) is 4.68 Å². The Morgan fingerprint density at radius 2 is 2.22 bits per heavy atom. The predicted octanol–water partition coefficient (Wildman–Crippen LogP) is 3.02. The second-order valence-electron chi connectivity index (χ2n) is 4.74. The zero-order chi connectivity index (χ0) is 12.5. The Labute approximate surface area is 115 Å². The summed E-state index contributed by atoms with van der Waals surface area (Å²) in [4.78, 5) is 0. The van der Waals surface area contributed by atoms with Crippen molar-refractivity contribution in [1.82, 2.24) is 15.1 Å². The van der Waals surface area contributed by atoms with Crippen LogP contribution in [0.4, 0.5) is 0 Å². The minimum Gasteiger partial charge on any atom is -0.316 e. The van der Waals surface area contributed by atoms with Crippen molar-refractivity contribution in [3.05, 3.63) is 46.2 Å². The van der Waals surface area contributed by atoms with Crippen molar-refractivity contribution in [3.8, 4) is 5.69 Å². The molecule has 2 aromatic rings. The van der Waals surface area contributed by atoms with Gasteiger partial charge in [-0.3, -0.25) is 0 Å². The molecule has 0 spiro atoms. The standard InChI is InChI=1S/C14H16BrN3/c1-10-12(11-6-7-16-8-11)9-17-18(10)14-5-3-2-4-13(14)15/h2-5,9,11,16H,6-8H2,1H3. The number of para-hydroxylation sites is 1. The summed E-state index contributed by atoms with van der Waals surface area (Å²) >= 11 is 3.59. The smallest absolute Gasteiger partial charge is 0.0790 e. The zero-order valence-electron chi connectivity index (χ0n) is 10.4. The predicted molar refractivity (Wildman–Crippen MR) is 76.2 cm³/mol. The van der Waals surface area contributed by atoms with Crippen molar-refractivity contribution in [1.29, 1.82) is 0 Å². The van der Waals surface area contributed by atoms with E-state index in [9.17, 15) is 0 Å². The second-order valence-corrected chi connectivity index (χ2v) is 5.59. The van der Waals surface area contributed by atoms with Gasteiger partial charge in [0.2, 0.25) is 0 Å². The molecule has 1 N–H and O–H groups in total. The Morgan fingerprint density at radius 1 is 1.39 bits per heavy atom. The third kappa shape index (κ3) is 1.99. The molecular formula is C14H16BrN3. The molecule has 1 aliphatic heterocycles.